The molecule has 0 aliphatic rings. The Morgan fingerprint density at radius 2 is 1.82 bits per heavy atom. The van der Waals surface area contributed by atoms with E-state index in [0.29, 0.717) is 0 Å². The Bertz CT molecular complexity index is 414. The molecule has 1 aromatic carbocycles. The summed E-state index contributed by atoms with van der Waals surface area (Å²) in [6, 6.07) is 6.80. The first kappa shape index (κ1) is 13.6. The zero-order valence-electron chi connectivity index (χ0n) is 8.50. The third-order valence-corrected chi connectivity index (χ3v) is 2.00. The topological polar surface area (TPSA) is 26.3 Å². The van der Waals surface area contributed by atoms with Gasteiger partial charge in [0.05, 0.1) is 0 Å². The summed E-state index contributed by atoms with van der Waals surface area (Å²) in [5.41, 5.74) is -0.175. The molecule has 0 spiro atoms. The molecule has 0 radical (unpaired) electrons. The minimum absolute atomic E-state index is 0.175. The Morgan fingerprint density at radius 3 is 2.24 bits per heavy atom. The van der Waals surface area contributed by atoms with Gasteiger partial charge in [-0.3, -0.25) is 0 Å². The monoisotopic (exact) mass is 264 g/mol. The van der Waals surface area contributed by atoms with Gasteiger partial charge >= 0.3 is 12.1 Å². The van der Waals surface area contributed by atoms with Gasteiger partial charge in [-0.1, -0.05) is 48.5 Å². The molecule has 0 saturated heterocycles. The molecule has 0 fully saturated rings. The van der Waals surface area contributed by atoms with Crippen molar-refractivity contribution in [3.63, 3.8) is 0 Å². The lowest BCUT2D eigenvalue weighted by Crippen LogP contribution is -2.26. The number of benzene rings is 1. The fourth-order valence-electron chi connectivity index (χ4n) is 1.12. The van der Waals surface area contributed by atoms with E-state index in [2.05, 4.69) is 11.3 Å². The minimum atomic E-state index is -4.71. The Kier molecular flexibility index (Phi) is 4.17. The largest absolute Gasteiger partial charge is 0.443 e. The highest BCUT2D eigenvalue weighted by Gasteiger charge is 2.44. The van der Waals surface area contributed by atoms with E-state index < -0.39 is 23.3 Å². The van der Waals surface area contributed by atoms with E-state index in [-0.39, 0.29) is 5.56 Å². The number of hydrogen-bond donors (Lipinski definition) is 0. The number of esters is 1. The zero-order valence-corrected chi connectivity index (χ0v) is 9.26. The molecule has 0 aromatic heterocycles. The molecule has 2 nitrogen and oxygen atoms in total. The van der Waals surface area contributed by atoms with Gasteiger partial charge in [0.1, 0.15) is 5.03 Å². The highest BCUT2D eigenvalue weighted by Crippen LogP contribution is 2.36. The van der Waals surface area contributed by atoms with Gasteiger partial charge in [-0.05, 0) is 0 Å². The van der Waals surface area contributed by atoms with Crippen molar-refractivity contribution in [1.29, 1.82) is 0 Å². The molecule has 1 aromatic rings. The van der Waals surface area contributed by atoms with Crippen LogP contribution >= 0.6 is 11.6 Å². The number of carbonyl (C=O) groups excluding carboxylic acids is 1. The molecule has 0 heterocycles. The second-order valence-corrected chi connectivity index (χ2v) is 3.60. The van der Waals surface area contributed by atoms with Gasteiger partial charge in [-0.15, -0.1) is 0 Å². The highest BCUT2D eigenvalue weighted by atomic mass is 35.5. The average Bonchev–Trinajstić information content (AvgIpc) is 2.25. The van der Waals surface area contributed by atoms with Crippen LogP contribution in [0.3, 0.4) is 0 Å². The van der Waals surface area contributed by atoms with Crippen LogP contribution in [0.25, 0.3) is 0 Å². The van der Waals surface area contributed by atoms with Crippen LogP contribution in [0.4, 0.5) is 13.2 Å². The Hall–Kier alpha value is -1.49. The number of carbonyl (C=O) groups is 1. The average molecular weight is 265 g/mol. The predicted molar refractivity (Wildman–Crippen MR) is 56.3 cm³/mol. The molecule has 1 atom stereocenters. The van der Waals surface area contributed by atoms with E-state index in [0.717, 1.165) is 0 Å². The Morgan fingerprint density at radius 1 is 1.29 bits per heavy atom. The van der Waals surface area contributed by atoms with Crippen molar-refractivity contribution in [2.75, 3.05) is 0 Å². The molecule has 1 unspecified atom stereocenters. The lowest BCUT2D eigenvalue weighted by molar-refractivity contribution is -0.221. The van der Waals surface area contributed by atoms with Gasteiger partial charge in [-0.25, -0.2) is 4.79 Å². The number of rotatable bonds is 3. The molecule has 6 heteroatoms. The predicted octanol–water partition coefficient (Wildman–Crippen LogP) is 3.59. The van der Waals surface area contributed by atoms with Crippen LogP contribution in [-0.4, -0.2) is 12.1 Å². The third kappa shape index (κ3) is 3.78. The number of halogens is 4. The SMILES string of the molecule is C=C(Cl)C(=O)OC(c1ccccc1)C(F)(F)F. The van der Waals surface area contributed by atoms with Crippen LogP contribution in [0.15, 0.2) is 41.9 Å². The third-order valence-electron chi connectivity index (χ3n) is 1.85. The van der Waals surface area contributed by atoms with Crippen molar-refractivity contribution < 1.29 is 22.7 Å². The van der Waals surface area contributed by atoms with Crippen molar-refractivity contribution >= 4 is 17.6 Å². The molecule has 92 valence electrons. The van der Waals surface area contributed by atoms with E-state index >= 15 is 0 Å². The van der Waals surface area contributed by atoms with Crippen LogP contribution < -0.4 is 0 Å². The normalized spacial score (nSPS) is 12.9. The molecule has 1 rings (SSSR count). The Labute approximate surface area is 101 Å². The van der Waals surface area contributed by atoms with Crippen molar-refractivity contribution in [3.8, 4) is 0 Å². The maximum absolute atomic E-state index is 12.7. The first-order chi connectivity index (χ1) is 7.82. The summed E-state index contributed by atoms with van der Waals surface area (Å²) in [4.78, 5) is 11.0. The van der Waals surface area contributed by atoms with Crippen LogP contribution in [0.2, 0.25) is 0 Å². The maximum Gasteiger partial charge on any atom is 0.429 e. The minimum Gasteiger partial charge on any atom is -0.443 e. The Balaban J connectivity index is 2.98. The van der Waals surface area contributed by atoms with E-state index in [1.54, 1.807) is 6.07 Å². The fraction of sp³-hybridized carbons (Fsp3) is 0.182. The quantitative estimate of drug-likeness (QED) is 0.616. The zero-order chi connectivity index (χ0) is 13.1. The van der Waals surface area contributed by atoms with Gasteiger partial charge < -0.3 is 4.74 Å². The summed E-state index contributed by atoms with van der Waals surface area (Å²) in [5, 5.41) is -0.602. The number of alkyl halides is 3. The van der Waals surface area contributed by atoms with Crippen LogP contribution in [0.5, 0.6) is 0 Å². The molecule has 0 aliphatic heterocycles. The summed E-state index contributed by atoms with van der Waals surface area (Å²) in [6.07, 6.45) is -7.05. The second kappa shape index (κ2) is 5.23. The van der Waals surface area contributed by atoms with E-state index in [4.69, 9.17) is 11.6 Å². The maximum atomic E-state index is 12.7. The van der Waals surface area contributed by atoms with Gasteiger partial charge in [0.2, 0.25) is 6.10 Å². The first-order valence-corrected chi connectivity index (χ1v) is 4.87. The molecule has 17 heavy (non-hydrogen) atoms. The lowest BCUT2D eigenvalue weighted by Gasteiger charge is -2.20. The van der Waals surface area contributed by atoms with Gasteiger partial charge in [0.25, 0.3) is 0 Å². The van der Waals surface area contributed by atoms with Crippen molar-refractivity contribution in [3.05, 3.63) is 47.5 Å². The van der Waals surface area contributed by atoms with Gasteiger partial charge in [0.15, 0.2) is 0 Å². The summed E-state index contributed by atoms with van der Waals surface area (Å²) in [5.74, 6) is -1.29. The number of hydrogen-bond acceptors (Lipinski definition) is 2. The summed E-state index contributed by atoms with van der Waals surface area (Å²) in [7, 11) is 0. The van der Waals surface area contributed by atoms with Crippen LogP contribution in [0.1, 0.15) is 11.7 Å². The number of ether oxygens (including phenoxy) is 1. The second-order valence-electron chi connectivity index (χ2n) is 3.14. The molecule has 0 saturated carbocycles. The molecule has 0 N–H and O–H groups in total. The van der Waals surface area contributed by atoms with Crippen molar-refractivity contribution in [2.24, 2.45) is 0 Å². The van der Waals surface area contributed by atoms with Crippen LogP contribution in [0, 0.1) is 0 Å². The molecule has 0 aliphatic carbocycles. The molecular formula is C11H8ClF3O2. The highest BCUT2D eigenvalue weighted by molar-refractivity contribution is 6.40. The molecular weight excluding hydrogens is 257 g/mol. The fourth-order valence-corrected chi connectivity index (χ4v) is 1.17. The van der Waals surface area contributed by atoms with E-state index in [1.165, 1.54) is 24.3 Å². The molecule has 0 amide bonds. The summed E-state index contributed by atoms with van der Waals surface area (Å²) < 4.78 is 42.3. The van der Waals surface area contributed by atoms with Gasteiger partial charge in [0, 0.05) is 5.56 Å². The standard InChI is InChI=1S/C11H8ClF3O2/c1-7(12)10(16)17-9(11(13,14)15)8-5-3-2-4-6-8/h2-6,9H,1H2. The molecule has 0 bridgehead atoms. The first-order valence-electron chi connectivity index (χ1n) is 4.49. The summed E-state index contributed by atoms with van der Waals surface area (Å²) in [6.45, 7) is 3.01. The van der Waals surface area contributed by atoms with E-state index in [1.807, 2.05) is 0 Å². The van der Waals surface area contributed by atoms with Gasteiger partial charge in [-0.2, -0.15) is 13.2 Å². The smallest absolute Gasteiger partial charge is 0.429 e. The van der Waals surface area contributed by atoms with Crippen molar-refractivity contribution in [1.82, 2.24) is 0 Å². The summed E-state index contributed by atoms with van der Waals surface area (Å²) >= 11 is 5.17. The van der Waals surface area contributed by atoms with Crippen LogP contribution in [-0.2, 0) is 9.53 Å². The lowest BCUT2D eigenvalue weighted by atomic mass is 10.1. The van der Waals surface area contributed by atoms with E-state index in [9.17, 15) is 18.0 Å². The van der Waals surface area contributed by atoms with Crippen molar-refractivity contribution in [2.45, 2.75) is 12.3 Å².